The molecule has 0 unspecified atom stereocenters. The molecule has 0 fully saturated rings. The summed E-state index contributed by atoms with van der Waals surface area (Å²) in [5, 5.41) is 7.05. The second-order valence-electron chi connectivity index (χ2n) is 5.29. The van der Waals surface area contributed by atoms with E-state index in [9.17, 15) is 4.79 Å². The Hall–Kier alpha value is -2.61. The highest BCUT2D eigenvalue weighted by molar-refractivity contribution is 7.17. The predicted octanol–water partition coefficient (Wildman–Crippen LogP) is 2.61. The Kier molecular flexibility index (Phi) is 4.39. The molecule has 1 aromatic carbocycles. The van der Waals surface area contributed by atoms with Gasteiger partial charge in [-0.3, -0.25) is 10.1 Å². The van der Waals surface area contributed by atoms with Crippen molar-refractivity contribution in [2.75, 3.05) is 19.5 Å². The second kappa shape index (κ2) is 6.48. The fourth-order valence-corrected chi connectivity index (χ4v) is 3.24. The quantitative estimate of drug-likeness (QED) is 0.768. The molecule has 126 valence electrons. The van der Waals surface area contributed by atoms with E-state index in [1.54, 1.807) is 42.2 Å². The monoisotopic (exact) mass is 346 g/mol. The van der Waals surface area contributed by atoms with Gasteiger partial charge in [-0.15, -0.1) is 5.10 Å². The first-order valence-electron chi connectivity index (χ1n) is 7.35. The van der Waals surface area contributed by atoms with Crippen LogP contribution in [0.4, 0.5) is 5.95 Å². The van der Waals surface area contributed by atoms with Crippen molar-refractivity contribution in [2.24, 2.45) is 0 Å². The minimum Gasteiger partial charge on any atom is -0.493 e. The number of carbonyl (C=O) groups excluding carboxylic acids is 1. The molecule has 0 bridgehead atoms. The molecule has 2 aromatic heterocycles. The second-order valence-corrected chi connectivity index (χ2v) is 6.47. The number of methoxy groups -OCH3 is 2. The van der Waals surface area contributed by atoms with E-state index in [-0.39, 0.29) is 12.3 Å². The lowest BCUT2D eigenvalue weighted by atomic mass is 10.1. The normalized spacial score (nSPS) is 10.8. The number of nitrogens with one attached hydrogen (secondary N) is 1. The molecule has 24 heavy (non-hydrogen) atoms. The van der Waals surface area contributed by atoms with Crippen LogP contribution in [-0.2, 0) is 11.2 Å². The van der Waals surface area contributed by atoms with Crippen LogP contribution in [0.3, 0.4) is 0 Å². The average Bonchev–Trinajstić information content (AvgIpc) is 3.06. The number of fused-ring (bicyclic) bond motifs is 1. The van der Waals surface area contributed by atoms with Gasteiger partial charge in [-0.1, -0.05) is 17.4 Å². The van der Waals surface area contributed by atoms with Gasteiger partial charge in [0.2, 0.25) is 16.8 Å². The van der Waals surface area contributed by atoms with Gasteiger partial charge in [0.1, 0.15) is 0 Å². The van der Waals surface area contributed by atoms with Gasteiger partial charge >= 0.3 is 0 Å². The Morgan fingerprint density at radius 2 is 2.00 bits per heavy atom. The summed E-state index contributed by atoms with van der Waals surface area (Å²) in [7, 11) is 3.14. The molecule has 1 N–H and O–H groups in total. The maximum absolute atomic E-state index is 12.2. The fraction of sp³-hybridized carbons (Fsp3) is 0.312. The summed E-state index contributed by atoms with van der Waals surface area (Å²) in [6.07, 6.45) is 0.200. The molecule has 3 rings (SSSR count). The van der Waals surface area contributed by atoms with Crippen molar-refractivity contribution in [1.29, 1.82) is 0 Å². The van der Waals surface area contributed by atoms with Crippen LogP contribution in [0.25, 0.3) is 4.96 Å². The highest BCUT2D eigenvalue weighted by Crippen LogP contribution is 2.27. The molecular formula is C16H18N4O3S. The van der Waals surface area contributed by atoms with E-state index < -0.39 is 0 Å². The van der Waals surface area contributed by atoms with E-state index in [0.717, 1.165) is 21.1 Å². The van der Waals surface area contributed by atoms with Crippen LogP contribution in [0.1, 0.15) is 16.1 Å². The molecular weight excluding hydrogens is 328 g/mol. The van der Waals surface area contributed by atoms with Crippen molar-refractivity contribution >= 4 is 28.2 Å². The molecule has 0 aliphatic heterocycles. The zero-order valence-corrected chi connectivity index (χ0v) is 14.7. The molecule has 2 heterocycles. The van der Waals surface area contributed by atoms with Crippen LogP contribution in [0.2, 0.25) is 0 Å². The van der Waals surface area contributed by atoms with Gasteiger partial charge in [-0.25, -0.2) is 4.52 Å². The van der Waals surface area contributed by atoms with Gasteiger partial charge in [-0.2, -0.15) is 4.98 Å². The minimum atomic E-state index is -0.185. The Morgan fingerprint density at radius 3 is 2.67 bits per heavy atom. The van der Waals surface area contributed by atoms with Crippen LogP contribution in [0, 0.1) is 13.8 Å². The Bertz CT molecular complexity index is 900. The zero-order chi connectivity index (χ0) is 17.3. The van der Waals surface area contributed by atoms with Crippen LogP contribution >= 0.6 is 11.3 Å². The Morgan fingerprint density at radius 1 is 1.25 bits per heavy atom. The number of aryl methyl sites for hydroxylation is 2. The summed E-state index contributed by atoms with van der Waals surface area (Å²) in [6.45, 7) is 3.99. The van der Waals surface area contributed by atoms with Crippen molar-refractivity contribution in [1.82, 2.24) is 14.6 Å². The lowest BCUT2D eigenvalue weighted by Crippen LogP contribution is -2.15. The van der Waals surface area contributed by atoms with E-state index in [0.29, 0.717) is 17.4 Å². The van der Waals surface area contributed by atoms with E-state index in [1.165, 1.54) is 0 Å². The van der Waals surface area contributed by atoms with Gasteiger partial charge in [0, 0.05) is 4.88 Å². The van der Waals surface area contributed by atoms with Crippen LogP contribution in [-0.4, -0.2) is 34.7 Å². The highest BCUT2D eigenvalue weighted by Gasteiger charge is 2.14. The lowest BCUT2D eigenvalue weighted by molar-refractivity contribution is -0.115. The SMILES string of the molecule is COc1ccc(CC(=O)Nc2nc3sc(C)c(C)n3n2)cc1OC. The predicted molar refractivity (Wildman–Crippen MR) is 92.2 cm³/mol. The van der Waals surface area contributed by atoms with Crippen molar-refractivity contribution in [3.8, 4) is 11.5 Å². The number of benzene rings is 1. The van der Waals surface area contributed by atoms with Crippen molar-refractivity contribution in [2.45, 2.75) is 20.3 Å². The van der Waals surface area contributed by atoms with Gasteiger partial charge in [0.15, 0.2) is 11.5 Å². The van der Waals surface area contributed by atoms with E-state index in [2.05, 4.69) is 15.4 Å². The van der Waals surface area contributed by atoms with Crippen LogP contribution < -0.4 is 14.8 Å². The first-order chi connectivity index (χ1) is 11.5. The number of carbonyl (C=O) groups is 1. The van der Waals surface area contributed by atoms with E-state index in [1.807, 2.05) is 19.9 Å². The summed E-state index contributed by atoms with van der Waals surface area (Å²) in [5.41, 5.74) is 1.85. The van der Waals surface area contributed by atoms with Crippen molar-refractivity contribution < 1.29 is 14.3 Å². The third-order valence-electron chi connectivity index (χ3n) is 3.71. The third-order valence-corrected chi connectivity index (χ3v) is 4.76. The molecule has 0 aliphatic rings. The first kappa shape index (κ1) is 16.3. The molecule has 0 saturated carbocycles. The Balaban J connectivity index is 1.72. The van der Waals surface area contributed by atoms with Gasteiger partial charge < -0.3 is 9.47 Å². The largest absolute Gasteiger partial charge is 0.493 e. The number of aromatic nitrogens is 3. The number of anilines is 1. The summed E-state index contributed by atoms with van der Waals surface area (Å²) >= 11 is 1.55. The van der Waals surface area contributed by atoms with E-state index >= 15 is 0 Å². The first-order valence-corrected chi connectivity index (χ1v) is 8.17. The fourth-order valence-electron chi connectivity index (χ4n) is 2.34. The van der Waals surface area contributed by atoms with E-state index in [4.69, 9.17) is 9.47 Å². The standard InChI is InChI=1S/C16H18N4O3S/c1-9-10(2)24-16-18-15(19-20(9)16)17-14(21)8-11-5-6-12(22-3)13(7-11)23-4/h5-7H,8H2,1-4H3,(H,17,19,21). The number of rotatable bonds is 5. The number of thiazole rings is 1. The number of nitrogens with zero attached hydrogens (tertiary/aromatic N) is 3. The maximum atomic E-state index is 12.2. The summed E-state index contributed by atoms with van der Waals surface area (Å²) < 4.78 is 12.2. The van der Waals surface area contributed by atoms with Crippen molar-refractivity contribution in [3.05, 3.63) is 34.3 Å². The molecule has 8 heteroatoms. The molecule has 7 nitrogen and oxygen atoms in total. The molecule has 0 radical (unpaired) electrons. The molecule has 0 saturated heterocycles. The third kappa shape index (κ3) is 3.05. The molecule has 0 spiro atoms. The topological polar surface area (TPSA) is 77.8 Å². The minimum absolute atomic E-state index is 0.185. The number of hydrogen-bond acceptors (Lipinski definition) is 6. The summed E-state index contributed by atoms with van der Waals surface area (Å²) in [6, 6.07) is 5.39. The van der Waals surface area contributed by atoms with Gasteiger partial charge in [0.25, 0.3) is 0 Å². The van der Waals surface area contributed by atoms with Crippen LogP contribution in [0.5, 0.6) is 11.5 Å². The average molecular weight is 346 g/mol. The number of hydrogen-bond donors (Lipinski definition) is 1. The lowest BCUT2D eigenvalue weighted by Gasteiger charge is -2.09. The van der Waals surface area contributed by atoms with Crippen molar-refractivity contribution in [3.63, 3.8) is 0 Å². The molecule has 0 atom stereocenters. The van der Waals surface area contributed by atoms with Gasteiger partial charge in [-0.05, 0) is 31.5 Å². The zero-order valence-electron chi connectivity index (χ0n) is 13.9. The number of ether oxygens (including phenoxy) is 2. The van der Waals surface area contributed by atoms with Gasteiger partial charge in [0.05, 0.1) is 26.3 Å². The maximum Gasteiger partial charge on any atom is 0.250 e. The van der Waals surface area contributed by atoms with Crippen LogP contribution in [0.15, 0.2) is 18.2 Å². The number of amides is 1. The molecule has 3 aromatic rings. The highest BCUT2D eigenvalue weighted by atomic mass is 32.1. The molecule has 0 aliphatic carbocycles. The summed E-state index contributed by atoms with van der Waals surface area (Å²) in [4.78, 5) is 18.5. The Labute approximate surface area is 143 Å². The smallest absolute Gasteiger partial charge is 0.250 e. The summed E-state index contributed by atoms with van der Waals surface area (Å²) in [5.74, 6) is 1.35. The molecule has 1 amide bonds.